The van der Waals surface area contributed by atoms with Crippen molar-refractivity contribution in [2.24, 2.45) is 11.8 Å². The summed E-state index contributed by atoms with van der Waals surface area (Å²) in [6, 6.07) is 10.7. The van der Waals surface area contributed by atoms with E-state index in [9.17, 15) is 0 Å². The van der Waals surface area contributed by atoms with Gasteiger partial charge in [-0.15, -0.1) is 0 Å². The van der Waals surface area contributed by atoms with Gasteiger partial charge in [-0.1, -0.05) is 53.6 Å². The third kappa shape index (κ3) is 2.17. The van der Waals surface area contributed by atoms with Crippen LogP contribution in [0, 0.1) is 11.8 Å². The Morgan fingerprint density at radius 2 is 1.95 bits per heavy atom. The van der Waals surface area contributed by atoms with Gasteiger partial charge in [-0.25, -0.2) is 0 Å². The van der Waals surface area contributed by atoms with Crippen LogP contribution in [0.15, 0.2) is 53.6 Å². The number of rotatable bonds is 3. The molecule has 3 aliphatic rings. The van der Waals surface area contributed by atoms with Crippen LogP contribution in [0.2, 0.25) is 0 Å². The van der Waals surface area contributed by atoms with Crippen LogP contribution in [0.3, 0.4) is 0 Å². The van der Waals surface area contributed by atoms with Gasteiger partial charge in [0.1, 0.15) is 0 Å². The molecule has 1 aromatic rings. The molecule has 0 radical (unpaired) electrons. The average molecular weight is 254 g/mol. The van der Waals surface area contributed by atoms with Crippen molar-refractivity contribution in [1.29, 1.82) is 0 Å². The number of fused-ring (bicyclic) bond motifs is 1. The van der Waals surface area contributed by atoms with E-state index < -0.39 is 0 Å². The minimum absolute atomic E-state index is 0.0248. The smallest absolute Gasteiger partial charge is 0.0759 e. The fourth-order valence-corrected chi connectivity index (χ4v) is 3.55. The van der Waals surface area contributed by atoms with Crippen molar-refractivity contribution in [3.8, 4) is 0 Å². The highest BCUT2D eigenvalue weighted by Gasteiger charge is 2.44. The lowest BCUT2D eigenvalue weighted by Crippen LogP contribution is -2.45. The zero-order valence-electron chi connectivity index (χ0n) is 12.0. The van der Waals surface area contributed by atoms with Crippen LogP contribution in [-0.4, -0.2) is 12.7 Å². The molecule has 0 saturated heterocycles. The van der Waals surface area contributed by atoms with Crippen molar-refractivity contribution in [2.45, 2.75) is 32.3 Å². The zero-order valence-corrected chi connectivity index (χ0v) is 12.0. The Balaban J connectivity index is 1.90. The summed E-state index contributed by atoms with van der Waals surface area (Å²) < 4.78 is 5.84. The maximum atomic E-state index is 5.84. The lowest BCUT2D eigenvalue weighted by molar-refractivity contribution is -0.0420. The number of methoxy groups -OCH3 is 1. The summed E-state index contributed by atoms with van der Waals surface area (Å²) in [5.41, 5.74) is 4.41. The molecule has 0 spiro atoms. The van der Waals surface area contributed by atoms with Gasteiger partial charge in [-0.2, -0.15) is 0 Å². The fourth-order valence-electron chi connectivity index (χ4n) is 3.55. The lowest BCUT2D eigenvalue weighted by Gasteiger charge is -2.47. The van der Waals surface area contributed by atoms with E-state index in [4.69, 9.17) is 4.74 Å². The van der Waals surface area contributed by atoms with E-state index in [-0.39, 0.29) is 5.60 Å². The second kappa shape index (κ2) is 4.64. The molecular formula is C18H22O. The fraction of sp³-hybridized carbons (Fsp3) is 0.444. The molecule has 0 heterocycles. The Morgan fingerprint density at radius 1 is 1.21 bits per heavy atom. The summed E-state index contributed by atoms with van der Waals surface area (Å²) in [5.74, 6) is 0.997. The molecule has 1 nitrogen and oxygen atoms in total. The maximum Gasteiger partial charge on any atom is 0.0759 e. The number of hydrogen-bond donors (Lipinski definition) is 0. The summed E-state index contributed by atoms with van der Waals surface area (Å²) in [6.07, 6.45) is 7.07. The molecule has 4 rings (SSSR count). The van der Waals surface area contributed by atoms with Crippen LogP contribution in [0.4, 0.5) is 0 Å². The highest BCUT2D eigenvalue weighted by atomic mass is 16.5. The van der Waals surface area contributed by atoms with Crippen molar-refractivity contribution in [3.05, 3.63) is 59.2 Å². The van der Waals surface area contributed by atoms with E-state index in [2.05, 4.69) is 56.3 Å². The third-order valence-electron chi connectivity index (χ3n) is 4.83. The molecule has 0 aliphatic heterocycles. The van der Waals surface area contributed by atoms with E-state index in [1.807, 2.05) is 7.11 Å². The lowest BCUT2D eigenvalue weighted by atomic mass is 9.63. The number of ether oxygens (including phenoxy) is 1. The van der Waals surface area contributed by atoms with Crippen molar-refractivity contribution < 1.29 is 4.74 Å². The van der Waals surface area contributed by atoms with Gasteiger partial charge in [-0.3, -0.25) is 0 Å². The van der Waals surface area contributed by atoms with Gasteiger partial charge in [0.05, 0.1) is 5.60 Å². The van der Waals surface area contributed by atoms with Gasteiger partial charge in [-0.05, 0) is 32.3 Å². The summed E-state index contributed by atoms with van der Waals surface area (Å²) in [5, 5.41) is 0. The summed E-state index contributed by atoms with van der Waals surface area (Å²) in [7, 11) is 1.85. The second-order valence-electron chi connectivity index (χ2n) is 6.12. The van der Waals surface area contributed by atoms with Crippen molar-refractivity contribution in [3.63, 3.8) is 0 Å². The highest BCUT2D eigenvalue weighted by Crippen LogP contribution is 2.48. The normalized spacial score (nSPS) is 33.0. The predicted molar refractivity (Wildman–Crippen MR) is 79.0 cm³/mol. The van der Waals surface area contributed by atoms with Crippen LogP contribution in [0.5, 0.6) is 0 Å². The first kappa shape index (κ1) is 12.7. The quantitative estimate of drug-likeness (QED) is 0.736. The van der Waals surface area contributed by atoms with Gasteiger partial charge in [0, 0.05) is 18.9 Å². The third-order valence-corrected chi connectivity index (χ3v) is 4.83. The standard InChI is InChI=1S/C18H22O/c1-13-9-17-15(10-14-7-5-4-6-8-14)11-16(13)12-18(17,2)19-3/h4-9,11,16-17H,10,12H2,1-3H3. The maximum absolute atomic E-state index is 5.84. The molecular weight excluding hydrogens is 232 g/mol. The number of allylic oxidation sites excluding steroid dienone is 2. The van der Waals surface area contributed by atoms with Crippen molar-refractivity contribution in [1.82, 2.24) is 0 Å². The first-order chi connectivity index (χ1) is 9.12. The van der Waals surface area contributed by atoms with Crippen molar-refractivity contribution in [2.75, 3.05) is 7.11 Å². The molecule has 0 amide bonds. The largest absolute Gasteiger partial charge is 0.378 e. The molecule has 2 bridgehead atoms. The molecule has 3 atom stereocenters. The van der Waals surface area contributed by atoms with Crippen molar-refractivity contribution >= 4 is 0 Å². The molecule has 3 unspecified atom stereocenters. The van der Waals surface area contributed by atoms with Gasteiger partial charge < -0.3 is 4.74 Å². The molecule has 0 N–H and O–H groups in total. The zero-order chi connectivity index (χ0) is 13.5. The van der Waals surface area contributed by atoms with Crippen LogP contribution in [-0.2, 0) is 11.2 Å². The molecule has 0 aromatic heterocycles. The van der Waals surface area contributed by atoms with Gasteiger partial charge in [0.15, 0.2) is 0 Å². The Bertz CT molecular complexity index is 526. The minimum Gasteiger partial charge on any atom is -0.378 e. The van der Waals surface area contributed by atoms with E-state index >= 15 is 0 Å². The molecule has 3 aliphatic carbocycles. The Morgan fingerprint density at radius 3 is 2.58 bits per heavy atom. The van der Waals surface area contributed by atoms with Crippen LogP contribution in [0.1, 0.15) is 25.8 Å². The second-order valence-corrected chi connectivity index (χ2v) is 6.12. The molecule has 0 saturated carbocycles. The SMILES string of the molecule is COC1(C)CC2C=C(Cc3ccccc3)C1C=C2C. The monoisotopic (exact) mass is 254 g/mol. The highest BCUT2D eigenvalue weighted by molar-refractivity contribution is 5.38. The predicted octanol–water partition coefficient (Wildman–Crippen LogP) is 4.16. The molecule has 0 fully saturated rings. The van der Waals surface area contributed by atoms with E-state index in [1.165, 1.54) is 16.7 Å². The minimum atomic E-state index is -0.0248. The number of hydrogen-bond acceptors (Lipinski definition) is 1. The van der Waals surface area contributed by atoms with Crippen LogP contribution in [0.25, 0.3) is 0 Å². The van der Waals surface area contributed by atoms with Gasteiger partial charge in [0.2, 0.25) is 0 Å². The van der Waals surface area contributed by atoms with Gasteiger partial charge in [0.25, 0.3) is 0 Å². The van der Waals surface area contributed by atoms with E-state index in [0.717, 1.165) is 12.8 Å². The Kier molecular flexibility index (Phi) is 3.10. The average Bonchev–Trinajstić information content (AvgIpc) is 2.42. The first-order valence-corrected chi connectivity index (χ1v) is 7.10. The molecule has 1 aromatic carbocycles. The molecule has 19 heavy (non-hydrogen) atoms. The molecule has 100 valence electrons. The summed E-state index contributed by atoms with van der Waals surface area (Å²) in [4.78, 5) is 0. The van der Waals surface area contributed by atoms with E-state index in [1.54, 1.807) is 0 Å². The first-order valence-electron chi connectivity index (χ1n) is 7.10. The number of benzene rings is 1. The molecule has 1 heteroatoms. The Hall–Kier alpha value is -1.34. The van der Waals surface area contributed by atoms with Crippen LogP contribution >= 0.6 is 0 Å². The van der Waals surface area contributed by atoms with E-state index in [0.29, 0.717) is 11.8 Å². The van der Waals surface area contributed by atoms with Crippen LogP contribution < -0.4 is 0 Å². The summed E-state index contributed by atoms with van der Waals surface area (Å²) >= 11 is 0. The topological polar surface area (TPSA) is 9.23 Å². The van der Waals surface area contributed by atoms with Gasteiger partial charge >= 0.3 is 0 Å². The Labute approximate surface area is 116 Å². The summed E-state index contributed by atoms with van der Waals surface area (Å²) in [6.45, 7) is 4.51.